The van der Waals surface area contributed by atoms with Gasteiger partial charge >= 0.3 is 0 Å². The van der Waals surface area contributed by atoms with Gasteiger partial charge in [0.1, 0.15) is 5.75 Å². The molecule has 2 aromatic carbocycles. The first-order valence-electron chi connectivity index (χ1n) is 11.4. The summed E-state index contributed by atoms with van der Waals surface area (Å²) < 4.78 is 6.36. The molecule has 1 heterocycles. The number of nitrogens with zero attached hydrogens (tertiary/aromatic N) is 1. The molecule has 2 heteroatoms. The highest BCUT2D eigenvalue weighted by atomic mass is 16.5. The summed E-state index contributed by atoms with van der Waals surface area (Å²) in [5, 5.41) is 2.71. The minimum absolute atomic E-state index is 0.382. The van der Waals surface area contributed by atoms with Gasteiger partial charge in [0.05, 0.1) is 6.10 Å². The molecule has 2 aliphatic rings. The maximum atomic E-state index is 6.36. The number of likely N-dealkylation sites (tertiary alicyclic amines) is 1. The highest BCUT2D eigenvalue weighted by Crippen LogP contribution is 2.37. The van der Waals surface area contributed by atoms with Crippen LogP contribution in [-0.4, -0.2) is 30.1 Å². The fourth-order valence-electron chi connectivity index (χ4n) is 5.07. The normalized spacial score (nSPS) is 22.2. The van der Waals surface area contributed by atoms with Crippen LogP contribution in [0.15, 0.2) is 36.4 Å². The maximum Gasteiger partial charge on any atom is 0.120 e. The van der Waals surface area contributed by atoms with Crippen molar-refractivity contribution in [2.45, 2.75) is 84.3 Å². The zero-order chi connectivity index (χ0) is 19.6. The largest absolute Gasteiger partial charge is 0.490 e. The predicted molar refractivity (Wildman–Crippen MR) is 119 cm³/mol. The Hall–Kier alpha value is -1.54. The molecule has 1 unspecified atom stereocenters. The Bertz CT molecular complexity index is 780. The van der Waals surface area contributed by atoms with E-state index in [1.54, 1.807) is 0 Å². The van der Waals surface area contributed by atoms with Crippen molar-refractivity contribution in [3.63, 3.8) is 0 Å². The van der Waals surface area contributed by atoms with Crippen LogP contribution in [0.1, 0.15) is 71.3 Å². The van der Waals surface area contributed by atoms with E-state index in [4.69, 9.17) is 4.74 Å². The summed E-state index contributed by atoms with van der Waals surface area (Å²) in [5.41, 5.74) is 1.96. The van der Waals surface area contributed by atoms with Crippen LogP contribution in [0.5, 0.6) is 5.75 Å². The first-order chi connectivity index (χ1) is 13.5. The van der Waals surface area contributed by atoms with Gasteiger partial charge in [-0.15, -0.1) is 0 Å². The molecule has 1 saturated carbocycles. The molecule has 1 atom stereocenters. The van der Waals surface area contributed by atoms with Crippen molar-refractivity contribution in [3.05, 3.63) is 42.0 Å². The minimum Gasteiger partial charge on any atom is -0.490 e. The molecule has 1 aliphatic heterocycles. The van der Waals surface area contributed by atoms with Gasteiger partial charge in [0.15, 0.2) is 0 Å². The maximum absolute atomic E-state index is 6.36. The number of fused-ring (bicyclic) bond motifs is 1. The molecule has 28 heavy (non-hydrogen) atoms. The molecular formula is C26H37NO. The topological polar surface area (TPSA) is 12.5 Å². The molecule has 2 nitrogen and oxygen atoms in total. The Balaban J connectivity index is 1.45. The highest BCUT2D eigenvalue weighted by Gasteiger charge is 2.27. The Morgan fingerprint density at radius 3 is 2.54 bits per heavy atom. The van der Waals surface area contributed by atoms with Crippen LogP contribution in [0.4, 0.5) is 0 Å². The monoisotopic (exact) mass is 379 g/mol. The first kappa shape index (κ1) is 19.8. The van der Waals surface area contributed by atoms with E-state index >= 15 is 0 Å². The molecule has 0 amide bonds. The number of rotatable bonds is 5. The second-order valence-corrected chi connectivity index (χ2v) is 9.93. The van der Waals surface area contributed by atoms with Gasteiger partial charge in [-0.05, 0) is 98.8 Å². The van der Waals surface area contributed by atoms with E-state index in [2.05, 4.69) is 62.1 Å². The molecule has 4 rings (SSSR count). The van der Waals surface area contributed by atoms with Crippen LogP contribution in [0.3, 0.4) is 0 Å². The van der Waals surface area contributed by atoms with E-state index in [0.29, 0.717) is 17.6 Å². The van der Waals surface area contributed by atoms with Crippen molar-refractivity contribution in [1.82, 2.24) is 4.90 Å². The number of hydrogen-bond donors (Lipinski definition) is 0. The van der Waals surface area contributed by atoms with Crippen molar-refractivity contribution in [2.75, 3.05) is 13.1 Å². The van der Waals surface area contributed by atoms with Crippen molar-refractivity contribution in [3.8, 4) is 5.75 Å². The van der Waals surface area contributed by atoms with Crippen molar-refractivity contribution in [1.29, 1.82) is 0 Å². The van der Waals surface area contributed by atoms with E-state index in [0.717, 1.165) is 12.2 Å². The minimum atomic E-state index is 0.382. The quantitative estimate of drug-likeness (QED) is 0.580. The van der Waals surface area contributed by atoms with Gasteiger partial charge in [-0.2, -0.15) is 0 Å². The van der Waals surface area contributed by atoms with Crippen molar-refractivity contribution >= 4 is 10.8 Å². The smallest absolute Gasteiger partial charge is 0.120 e. The Morgan fingerprint density at radius 2 is 1.79 bits per heavy atom. The van der Waals surface area contributed by atoms with Crippen LogP contribution >= 0.6 is 0 Å². The van der Waals surface area contributed by atoms with E-state index in [1.807, 2.05) is 0 Å². The van der Waals surface area contributed by atoms with Crippen LogP contribution in [0, 0.1) is 5.41 Å². The molecule has 152 valence electrons. The Kier molecular flexibility index (Phi) is 5.96. The molecule has 2 fully saturated rings. The Labute approximate surface area is 171 Å². The van der Waals surface area contributed by atoms with Crippen LogP contribution in [0.25, 0.3) is 10.8 Å². The number of benzene rings is 2. The molecule has 0 radical (unpaired) electrons. The van der Waals surface area contributed by atoms with E-state index in [-0.39, 0.29) is 0 Å². The van der Waals surface area contributed by atoms with E-state index in [1.165, 1.54) is 74.4 Å². The number of piperidine rings is 1. The van der Waals surface area contributed by atoms with Crippen LogP contribution < -0.4 is 4.74 Å². The Morgan fingerprint density at radius 1 is 1.04 bits per heavy atom. The lowest BCUT2D eigenvalue weighted by molar-refractivity contribution is 0.0989. The van der Waals surface area contributed by atoms with Gasteiger partial charge in [-0.3, -0.25) is 0 Å². The van der Waals surface area contributed by atoms with Crippen molar-refractivity contribution < 1.29 is 4.74 Å². The summed E-state index contributed by atoms with van der Waals surface area (Å²) in [7, 11) is 0. The number of hydrogen-bond acceptors (Lipinski definition) is 2. The molecule has 2 aromatic rings. The summed E-state index contributed by atoms with van der Waals surface area (Å²) in [6.07, 6.45) is 10.5. The lowest BCUT2D eigenvalue weighted by Gasteiger charge is -2.34. The molecule has 1 saturated heterocycles. The SMILES string of the molecule is CC(Cc1cccc2cc(OC3CCC(C)(C)CC3)ccc12)N1CCCCC1. The fraction of sp³-hybridized carbons (Fsp3) is 0.615. The van der Waals surface area contributed by atoms with Gasteiger partial charge in [-0.1, -0.05) is 44.5 Å². The zero-order valence-corrected chi connectivity index (χ0v) is 18.0. The summed E-state index contributed by atoms with van der Waals surface area (Å²) in [6.45, 7) is 9.69. The zero-order valence-electron chi connectivity index (χ0n) is 18.0. The molecule has 0 aromatic heterocycles. The van der Waals surface area contributed by atoms with Crippen LogP contribution in [-0.2, 0) is 6.42 Å². The standard InChI is InChI=1S/C26H37NO/c1-20(27-16-5-4-6-17-27)18-21-8-7-9-22-19-24(10-11-25(21)22)28-23-12-14-26(2,3)15-13-23/h7-11,19-20,23H,4-6,12-18H2,1-3H3. The molecule has 0 bridgehead atoms. The predicted octanol–water partition coefficient (Wildman–Crippen LogP) is 6.60. The summed E-state index contributed by atoms with van der Waals surface area (Å²) in [5.74, 6) is 1.04. The fourth-order valence-corrected chi connectivity index (χ4v) is 5.07. The third-order valence-corrected chi connectivity index (χ3v) is 7.06. The van der Waals surface area contributed by atoms with Gasteiger partial charge < -0.3 is 9.64 Å². The van der Waals surface area contributed by atoms with Gasteiger partial charge in [0, 0.05) is 6.04 Å². The third kappa shape index (κ3) is 4.71. The van der Waals surface area contributed by atoms with Gasteiger partial charge in [-0.25, -0.2) is 0 Å². The first-order valence-corrected chi connectivity index (χ1v) is 11.4. The van der Waals surface area contributed by atoms with Crippen LogP contribution in [0.2, 0.25) is 0 Å². The average Bonchev–Trinajstić information content (AvgIpc) is 2.70. The van der Waals surface area contributed by atoms with Crippen molar-refractivity contribution in [2.24, 2.45) is 5.41 Å². The summed E-state index contributed by atoms with van der Waals surface area (Å²) in [6, 6.07) is 14.1. The highest BCUT2D eigenvalue weighted by molar-refractivity contribution is 5.87. The second-order valence-electron chi connectivity index (χ2n) is 9.93. The lowest BCUT2D eigenvalue weighted by Crippen LogP contribution is -2.38. The summed E-state index contributed by atoms with van der Waals surface area (Å²) >= 11 is 0. The second kappa shape index (κ2) is 8.45. The van der Waals surface area contributed by atoms with E-state index < -0.39 is 0 Å². The summed E-state index contributed by atoms with van der Waals surface area (Å²) in [4.78, 5) is 2.67. The third-order valence-electron chi connectivity index (χ3n) is 7.06. The van der Waals surface area contributed by atoms with Gasteiger partial charge in [0.25, 0.3) is 0 Å². The van der Waals surface area contributed by atoms with E-state index in [9.17, 15) is 0 Å². The average molecular weight is 380 g/mol. The molecule has 0 spiro atoms. The molecule has 1 aliphatic carbocycles. The lowest BCUT2D eigenvalue weighted by atomic mass is 9.76. The van der Waals surface area contributed by atoms with Gasteiger partial charge in [0.2, 0.25) is 0 Å². The number of ether oxygens (including phenoxy) is 1. The molecule has 0 N–H and O–H groups in total. The molecular weight excluding hydrogens is 342 g/mol.